The van der Waals surface area contributed by atoms with Gasteiger partial charge >= 0.3 is 5.97 Å². The summed E-state index contributed by atoms with van der Waals surface area (Å²) in [5.41, 5.74) is 7.47. The van der Waals surface area contributed by atoms with Gasteiger partial charge in [0, 0.05) is 11.5 Å². The number of hydrogen-bond donors (Lipinski definition) is 2. The Balaban J connectivity index is 2.07. The molecule has 1 fully saturated rings. The van der Waals surface area contributed by atoms with Gasteiger partial charge in [0.05, 0.1) is 16.9 Å². The molecule has 0 aromatic heterocycles. The molecule has 4 heteroatoms. The van der Waals surface area contributed by atoms with Crippen molar-refractivity contribution in [3.8, 4) is 0 Å². The van der Waals surface area contributed by atoms with Gasteiger partial charge in [0.2, 0.25) is 0 Å². The Morgan fingerprint density at radius 1 is 1.12 bits per heavy atom. The van der Waals surface area contributed by atoms with Crippen LogP contribution in [-0.4, -0.2) is 17.6 Å². The van der Waals surface area contributed by atoms with Crippen LogP contribution in [0.5, 0.6) is 0 Å². The molecule has 2 rings (SSSR count). The third-order valence-electron chi connectivity index (χ3n) is 5.41. The molecule has 3 N–H and O–H groups in total. The van der Waals surface area contributed by atoms with Gasteiger partial charge in [0.15, 0.2) is 0 Å². The molecule has 134 valence electrons. The van der Waals surface area contributed by atoms with Gasteiger partial charge in [-0.25, -0.2) is 4.79 Å². The predicted octanol–water partition coefficient (Wildman–Crippen LogP) is 4.99. The molecule has 0 unspecified atom stereocenters. The number of hydrogen-bond acceptors (Lipinski definition) is 4. The van der Waals surface area contributed by atoms with E-state index in [1.54, 1.807) is 12.1 Å². The minimum Gasteiger partial charge on any atom is -0.456 e. The lowest BCUT2D eigenvalue weighted by molar-refractivity contribution is -0.0551. The van der Waals surface area contributed by atoms with Crippen LogP contribution in [-0.2, 0) is 4.74 Å². The average Bonchev–Trinajstić information content (AvgIpc) is 2.48. The van der Waals surface area contributed by atoms with E-state index in [9.17, 15) is 4.79 Å². The van der Waals surface area contributed by atoms with Gasteiger partial charge in [-0.2, -0.15) is 0 Å². The second kappa shape index (κ2) is 7.04. The molecule has 1 aliphatic carbocycles. The molecule has 1 aromatic carbocycles. The molecular formula is C20H32N2O2. The summed E-state index contributed by atoms with van der Waals surface area (Å²) < 4.78 is 5.72. The molecule has 0 saturated heterocycles. The highest BCUT2D eigenvalue weighted by molar-refractivity contribution is 5.92. The molecule has 1 aliphatic rings. The molecule has 0 radical (unpaired) electrons. The lowest BCUT2D eigenvalue weighted by Crippen LogP contribution is -2.41. The number of carbonyl (C=O) groups is 1. The van der Waals surface area contributed by atoms with E-state index >= 15 is 0 Å². The summed E-state index contributed by atoms with van der Waals surface area (Å²) in [7, 11) is 0. The minimum absolute atomic E-state index is 0.142. The molecule has 1 aromatic rings. The number of esters is 1. The van der Waals surface area contributed by atoms with Crippen LogP contribution < -0.4 is 11.1 Å². The number of rotatable bonds is 4. The lowest BCUT2D eigenvalue weighted by Gasteiger charge is -2.38. The number of benzene rings is 1. The molecule has 0 heterocycles. The molecule has 0 amide bonds. The normalized spacial score (nSPS) is 16.7. The van der Waals surface area contributed by atoms with Crippen molar-refractivity contribution in [1.29, 1.82) is 0 Å². The number of nitrogens with two attached hydrogens (primary N) is 1. The van der Waals surface area contributed by atoms with Crippen LogP contribution in [0, 0.1) is 5.41 Å². The Morgan fingerprint density at radius 2 is 1.75 bits per heavy atom. The van der Waals surface area contributed by atoms with E-state index in [0.29, 0.717) is 17.3 Å². The van der Waals surface area contributed by atoms with E-state index in [0.717, 1.165) is 5.69 Å². The first-order chi connectivity index (χ1) is 11.1. The van der Waals surface area contributed by atoms with Gasteiger partial charge < -0.3 is 15.8 Å². The summed E-state index contributed by atoms with van der Waals surface area (Å²) in [6, 6.07) is 5.89. The molecule has 24 heavy (non-hydrogen) atoms. The first-order valence-electron chi connectivity index (χ1n) is 8.99. The van der Waals surface area contributed by atoms with E-state index in [2.05, 4.69) is 26.1 Å². The highest BCUT2D eigenvalue weighted by Gasteiger charge is 2.36. The number of nitrogens with one attached hydrogen (secondary N) is 1. The molecule has 0 aliphatic heterocycles. The van der Waals surface area contributed by atoms with E-state index < -0.39 is 5.60 Å². The summed E-state index contributed by atoms with van der Waals surface area (Å²) in [5.74, 6) is -0.328. The number of anilines is 2. The second-order valence-electron chi connectivity index (χ2n) is 8.43. The molecule has 0 atom stereocenters. The van der Waals surface area contributed by atoms with Gasteiger partial charge in [-0.1, -0.05) is 40.0 Å². The highest BCUT2D eigenvalue weighted by atomic mass is 16.6. The van der Waals surface area contributed by atoms with Gasteiger partial charge in [-0.15, -0.1) is 0 Å². The van der Waals surface area contributed by atoms with Gasteiger partial charge in [-0.05, 0) is 44.9 Å². The number of nitrogen functional groups attached to an aromatic ring is 1. The fraction of sp³-hybridized carbons (Fsp3) is 0.650. The predicted molar refractivity (Wildman–Crippen MR) is 100 cm³/mol. The fourth-order valence-electron chi connectivity index (χ4n) is 2.73. The quantitative estimate of drug-likeness (QED) is 0.602. The molecule has 4 nitrogen and oxygen atoms in total. The molecule has 0 spiro atoms. The Kier molecular flexibility index (Phi) is 5.46. The summed E-state index contributed by atoms with van der Waals surface area (Å²) in [6.45, 7) is 10.1. The van der Waals surface area contributed by atoms with Crippen molar-refractivity contribution in [2.45, 2.75) is 78.4 Å². The van der Waals surface area contributed by atoms with Crippen molar-refractivity contribution in [3.63, 3.8) is 0 Å². The van der Waals surface area contributed by atoms with Crippen molar-refractivity contribution in [1.82, 2.24) is 0 Å². The second-order valence-corrected chi connectivity index (χ2v) is 8.43. The zero-order valence-electron chi connectivity index (χ0n) is 15.7. The molecule has 1 saturated carbocycles. The fourth-order valence-corrected chi connectivity index (χ4v) is 2.73. The van der Waals surface area contributed by atoms with E-state index in [1.165, 1.54) is 32.1 Å². The Labute approximate surface area is 146 Å². The average molecular weight is 332 g/mol. The third-order valence-corrected chi connectivity index (χ3v) is 5.41. The van der Waals surface area contributed by atoms with Crippen molar-refractivity contribution >= 4 is 17.3 Å². The van der Waals surface area contributed by atoms with Gasteiger partial charge in [-0.3, -0.25) is 0 Å². The number of carbonyl (C=O) groups excluding carboxylic acids is 1. The zero-order chi connectivity index (χ0) is 18.0. The Morgan fingerprint density at radius 3 is 2.29 bits per heavy atom. The maximum Gasteiger partial charge on any atom is 0.338 e. The summed E-state index contributed by atoms with van der Waals surface area (Å²) in [4.78, 5) is 12.5. The molecule has 0 bridgehead atoms. The lowest BCUT2D eigenvalue weighted by atomic mass is 9.79. The van der Waals surface area contributed by atoms with E-state index in [-0.39, 0.29) is 11.4 Å². The Bertz CT molecular complexity index is 582. The largest absolute Gasteiger partial charge is 0.456 e. The molecular weight excluding hydrogens is 300 g/mol. The summed E-state index contributed by atoms with van der Waals surface area (Å²) in [6.07, 6.45) is 6.22. The zero-order valence-corrected chi connectivity index (χ0v) is 15.7. The van der Waals surface area contributed by atoms with Crippen LogP contribution in [0.25, 0.3) is 0 Å². The van der Waals surface area contributed by atoms with Crippen molar-refractivity contribution in [2.24, 2.45) is 5.41 Å². The smallest absolute Gasteiger partial charge is 0.338 e. The van der Waals surface area contributed by atoms with Crippen LogP contribution in [0.15, 0.2) is 18.2 Å². The van der Waals surface area contributed by atoms with Crippen molar-refractivity contribution in [3.05, 3.63) is 23.8 Å². The monoisotopic (exact) mass is 332 g/mol. The number of ether oxygens (including phenoxy) is 1. The third kappa shape index (κ3) is 4.43. The van der Waals surface area contributed by atoms with Gasteiger partial charge in [0.1, 0.15) is 5.60 Å². The maximum absolute atomic E-state index is 12.5. The van der Waals surface area contributed by atoms with Crippen LogP contribution in [0.1, 0.15) is 77.1 Å². The summed E-state index contributed by atoms with van der Waals surface area (Å²) >= 11 is 0. The van der Waals surface area contributed by atoms with Crippen LogP contribution >= 0.6 is 0 Å². The van der Waals surface area contributed by atoms with E-state index in [1.807, 2.05) is 19.9 Å². The summed E-state index contributed by atoms with van der Waals surface area (Å²) in [5, 5.41) is 3.51. The topological polar surface area (TPSA) is 64.3 Å². The standard InChI is InChI=1S/C20H32N2O2/c1-19(2,3)20(4,5)24-18(23)14-11-12-17(16(21)13-14)22-15-9-7-6-8-10-15/h11-13,15,22H,6-10,21H2,1-5H3. The van der Waals surface area contributed by atoms with Crippen LogP contribution in [0.2, 0.25) is 0 Å². The van der Waals surface area contributed by atoms with Crippen molar-refractivity contribution < 1.29 is 9.53 Å². The van der Waals surface area contributed by atoms with Gasteiger partial charge in [0.25, 0.3) is 0 Å². The van der Waals surface area contributed by atoms with Crippen molar-refractivity contribution in [2.75, 3.05) is 11.1 Å². The van der Waals surface area contributed by atoms with Crippen LogP contribution in [0.4, 0.5) is 11.4 Å². The first-order valence-corrected chi connectivity index (χ1v) is 8.99. The van der Waals surface area contributed by atoms with E-state index in [4.69, 9.17) is 10.5 Å². The highest BCUT2D eigenvalue weighted by Crippen LogP contribution is 2.34. The Hall–Kier alpha value is -1.71. The SMILES string of the molecule is CC(C)(C)C(C)(C)OC(=O)c1ccc(NC2CCCCC2)c(N)c1. The minimum atomic E-state index is -0.558. The first kappa shape index (κ1) is 18.6. The van der Waals surface area contributed by atoms with Crippen LogP contribution in [0.3, 0.4) is 0 Å². The maximum atomic E-state index is 12.5.